The lowest BCUT2D eigenvalue weighted by Gasteiger charge is -2.13. The summed E-state index contributed by atoms with van der Waals surface area (Å²) in [5, 5.41) is 19.0. The molecule has 0 spiro atoms. The fourth-order valence-corrected chi connectivity index (χ4v) is 2.26. The van der Waals surface area contributed by atoms with E-state index >= 15 is 0 Å². The number of hydrogen-bond donors (Lipinski definition) is 2. The number of imidazole rings is 1. The van der Waals surface area contributed by atoms with Gasteiger partial charge in [-0.15, -0.1) is 0 Å². The third kappa shape index (κ3) is 1.76. The molecule has 0 aliphatic carbocycles. The molecule has 0 amide bonds. The Labute approximate surface area is 107 Å². The Morgan fingerprint density at radius 3 is 3.00 bits per heavy atom. The van der Waals surface area contributed by atoms with Gasteiger partial charge in [-0.3, -0.25) is 4.57 Å². The zero-order chi connectivity index (χ0) is 12.7. The molecule has 8 heteroatoms. The Balaban J connectivity index is 1.99. The molecule has 1 saturated heterocycles. The lowest BCUT2D eigenvalue weighted by Crippen LogP contribution is -2.24. The normalized spacial score (nSPS) is 28.1. The first-order chi connectivity index (χ1) is 8.70. The maximum Gasteiger partial charge on any atom is 0.166 e. The summed E-state index contributed by atoms with van der Waals surface area (Å²) in [7, 11) is 0. The first-order valence-electron chi connectivity index (χ1n) is 5.48. The van der Waals surface area contributed by atoms with Crippen LogP contribution in [0.5, 0.6) is 0 Å². The van der Waals surface area contributed by atoms with E-state index in [-0.39, 0.29) is 11.8 Å². The highest BCUT2D eigenvalue weighted by Gasteiger charge is 2.35. The molecule has 7 nitrogen and oxygen atoms in total. The van der Waals surface area contributed by atoms with Crippen molar-refractivity contribution in [3.05, 3.63) is 17.8 Å². The number of nitrogens with zero attached hydrogens (tertiary/aromatic N) is 4. The Morgan fingerprint density at radius 2 is 2.28 bits per heavy atom. The molecule has 0 aromatic carbocycles. The minimum atomic E-state index is -0.699. The number of aliphatic hydroxyl groups is 2. The van der Waals surface area contributed by atoms with Gasteiger partial charge in [-0.2, -0.15) is 0 Å². The van der Waals surface area contributed by atoms with Gasteiger partial charge in [-0.1, -0.05) is 11.6 Å². The van der Waals surface area contributed by atoms with Gasteiger partial charge in [0.2, 0.25) is 0 Å². The van der Waals surface area contributed by atoms with E-state index in [2.05, 4.69) is 15.0 Å². The minimum Gasteiger partial charge on any atom is -0.394 e. The van der Waals surface area contributed by atoms with E-state index in [9.17, 15) is 5.11 Å². The van der Waals surface area contributed by atoms with Crippen molar-refractivity contribution in [3.8, 4) is 0 Å². The molecule has 0 radical (unpaired) electrons. The summed E-state index contributed by atoms with van der Waals surface area (Å²) < 4.78 is 7.22. The van der Waals surface area contributed by atoms with E-state index in [0.29, 0.717) is 17.6 Å². The van der Waals surface area contributed by atoms with E-state index in [1.54, 1.807) is 10.9 Å². The van der Waals surface area contributed by atoms with Gasteiger partial charge < -0.3 is 14.9 Å². The molecule has 96 valence electrons. The van der Waals surface area contributed by atoms with Crippen LogP contribution in [0.1, 0.15) is 12.6 Å². The van der Waals surface area contributed by atoms with Crippen LogP contribution in [-0.4, -0.2) is 48.5 Å². The van der Waals surface area contributed by atoms with Gasteiger partial charge in [0.15, 0.2) is 10.8 Å². The highest BCUT2D eigenvalue weighted by Crippen LogP contribution is 2.31. The molecule has 3 atom stereocenters. The van der Waals surface area contributed by atoms with Crippen LogP contribution in [0.3, 0.4) is 0 Å². The van der Waals surface area contributed by atoms with Gasteiger partial charge >= 0.3 is 0 Å². The number of aromatic nitrogens is 4. The SMILES string of the molecule is OC[C@H]1O[C@H](n2cnc3c(Cl)ncnc32)C[C@@H]1O. The van der Waals surface area contributed by atoms with Crippen molar-refractivity contribution in [1.82, 2.24) is 19.5 Å². The Kier molecular flexibility index (Phi) is 2.90. The second kappa shape index (κ2) is 4.43. The fraction of sp³-hybridized carbons (Fsp3) is 0.500. The van der Waals surface area contributed by atoms with E-state index in [1.165, 1.54) is 6.33 Å². The molecule has 0 bridgehead atoms. The fourth-order valence-electron chi connectivity index (χ4n) is 2.08. The van der Waals surface area contributed by atoms with E-state index < -0.39 is 18.4 Å². The smallest absolute Gasteiger partial charge is 0.166 e. The van der Waals surface area contributed by atoms with Crippen LogP contribution in [0, 0.1) is 0 Å². The van der Waals surface area contributed by atoms with Crippen LogP contribution < -0.4 is 0 Å². The van der Waals surface area contributed by atoms with Gasteiger partial charge in [-0.25, -0.2) is 15.0 Å². The largest absolute Gasteiger partial charge is 0.394 e. The lowest BCUT2D eigenvalue weighted by molar-refractivity contribution is -0.0432. The molecule has 18 heavy (non-hydrogen) atoms. The number of halogens is 1. The van der Waals surface area contributed by atoms with Crippen LogP contribution >= 0.6 is 11.6 Å². The van der Waals surface area contributed by atoms with Crippen molar-refractivity contribution in [2.45, 2.75) is 24.9 Å². The van der Waals surface area contributed by atoms with Crippen molar-refractivity contribution >= 4 is 22.8 Å². The highest BCUT2D eigenvalue weighted by atomic mass is 35.5. The molecule has 1 aliphatic heterocycles. The average molecular weight is 271 g/mol. The van der Waals surface area contributed by atoms with E-state index in [4.69, 9.17) is 21.4 Å². The molecule has 1 aliphatic rings. The molecule has 1 fully saturated rings. The zero-order valence-electron chi connectivity index (χ0n) is 9.27. The van der Waals surface area contributed by atoms with Crippen molar-refractivity contribution in [2.75, 3.05) is 6.61 Å². The summed E-state index contributed by atoms with van der Waals surface area (Å²) in [6.45, 7) is -0.222. The third-order valence-electron chi connectivity index (χ3n) is 3.01. The summed E-state index contributed by atoms with van der Waals surface area (Å²) in [6, 6.07) is 0. The van der Waals surface area contributed by atoms with Gasteiger partial charge in [0.25, 0.3) is 0 Å². The Hall–Kier alpha value is -1.28. The predicted octanol–water partition coefficient (Wildman–Crippen LogP) is 0.120. The number of hydrogen-bond acceptors (Lipinski definition) is 6. The lowest BCUT2D eigenvalue weighted by atomic mass is 10.2. The molecular weight excluding hydrogens is 260 g/mol. The van der Waals surface area contributed by atoms with Crippen LogP contribution in [0.25, 0.3) is 11.2 Å². The molecule has 0 unspecified atom stereocenters. The Morgan fingerprint density at radius 1 is 1.44 bits per heavy atom. The highest BCUT2D eigenvalue weighted by molar-refractivity contribution is 6.33. The molecule has 3 heterocycles. The Bertz CT molecular complexity index is 575. The first kappa shape index (κ1) is 11.8. The standard InChI is InChI=1S/C10H11ClN4O3/c11-9-8-10(13-3-12-9)15(4-14-8)7-1-5(17)6(2-16)18-7/h3-7,16-17H,1-2H2/t5-,6+,7-/m0/s1. The van der Waals surface area contributed by atoms with Gasteiger partial charge in [0.05, 0.1) is 19.0 Å². The van der Waals surface area contributed by atoms with Gasteiger partial charge in [0.1, 0.15) is 24.2 Å². The van der Waals surface area contributed by atoms with Crippen LogP contribution in [0.15, 0.2) is 12.7 Å². The number of aliphatic hydroxyl groups excluding tert-OH is 2. The van der Waals surface area contributed by atoms with Crippen LogP contribution in [0.4, 0.5) is 0 Å². The summed E-state index contributed by atoms with van der Waals surface area (Å²) in [4.78, 5) is 12.1. The molecule has 2 aromatic heterocycles. The maximum atomic E-state index is 9.71. The van der Waals surface area contributed by atoms with Crippen molar-refractivity contribution in [1.29, 1.82) is 0 Å². The molecular formula is C10H11ClN4O3. The number of fused-ring (bicyclic) bond motifs is 1. The van der Waals surface area contributed by atoms with E-state index in [0.717, 1.165) is 0 Å². The van der Waals surface area contributed by atoms with Crippen molar-refractivity contribution in [3.63, 3.8) is 0 Å². The van der Waals surface area contributed by atoms with Crippen LogP contribution in [-0.2, 0) is 4.74 Å². The first-order valence-corrected chi connectivity index (χ1v) is 5.86. The quantitative estimate of drug-likeness (QED) is 0.753. The number of rotatable bonds is 2. The third-order valence-corrected chi connectivity index (χ3v) is 3.29. The maximum absolute atomic E-state index is 9.71. The average Bonchev–Trinajstić information content (AvgIpc) is 2.93. The topological polar surface area (TPSA) is 93.3 Å². The zero-order valence-corrected chi connectivity index (χ0v) is 10.0. The second-order valence-electron chi connectivity index (χ2n) is 4.10. The summed E-state index contributed by atoms with van der Waals surface area (Å²) >= 11 is 5.90. The summed E-state index contributed by atoms with van der Waals surface area (Å²) in [6.07, 6.45) is 1.57. The summed E-state index contributed by atoms with van der Waals surface area (Å²) in [5.41, 5.74) is 1.04. The number of ether oxygens (including phenoxy) is 1. The minimum absolute atomic E-state index is 0.222. The predicted molar refractivity (Wildman–Crippen MR) is 62.0 cm³/mol. The molecule has 3 rings (SSSR count). The van der Waals surface area contributed by atoms with Crippen molar-refractivity contribution in [2.24, 2.45) is 0 Å². The van der Waals surface area contributed by atoms with Crippen LogP contribution in [0.2, 0.25) is 5.15 Å². The van der Waals surface area contributed by atoms with E-state index in [1.807, 2.05) is 0 Å². The molecule has 2 aromatic rings. The van der Waals surface area contributed by atoms with Gasteiger partial charge in [0, 0.05) is 6.42 Å². The van der Waals surface area contributed by atoms with Gasteiger partial charge in [-0.05, 0) is 0 Å². The molecule has 0 saturated carbocycles. The van der Waals surface area contributed by atoms with Crippen molar-refractivity contribution < 1.29 is 14.9 Å². The summed E-state index contributed by atoms with van der Waals surface area (Å²) in [5.74, 6) is 0. The second-order valence-corrected chi connectivity index (χ2v) is 4.46. The monoisotopic (exact) mass is 270 g/mol. The molecule has 2 N–H and O–H groups in total.